The van der Waals surface area contributed by atoms with Crippen LogP contribution in [-0.2, 0) is 4.74 Å². The number of fused-ring (bicyclic) bond motifs is 2. The second-order valence-corrected chi connectivity index (χ2v) is 10.1. The van der Waals surface area contributed by atoms with Crippen LogP contribution < -0.4 is 11.3 Å². The fourth-order valence-electron chi connectivity index (χ4n) is 5.61. The van der Waals surface area contributed by atoms with Crippen LogP contribution in [0.25, 0.3) is 44.2 Å². The molecule has 3 aromatic carbocycles. The van der Waals surface area contributed by atoms with Gasteiger partial charge in [-0.15, -0.1) is 0 Å². The Morgan fingerprint density at radius 3 is 2.71 bits per heavy atom. The van der Waals surface area contributed by atoms with Crippen molar-refractivity contribution in [2.24, 2.45) is 5.73 Å². The molecule has 9 heteroatoms. The Hall–Kier alpha value is -4.73. The standard InChI is InChI=1S/C32H31N5O4/c1-3-41-32(40)36-15-13-20(14-16-36)27-17-25-22(11-12-24(30(33)38)29(25)35-27)21-8-6-10-28(19(21)2)37-18-34-26-9-5-4-7-23(26)31(37)39/h4-13,17-18,30,35,38H,3,14-16,33H2,1-2H3. The van der Waals surface area contributed by atoms with Gasteiger partial charge in [-0.2, -0.15) is 0 Å². The minimum absolute atomic E-state index is 0.132. The average molecular weight is 550 g/mol. The van der Waals surface area contributed by atoms with Crippen LogP contribution in [0.3, 0.4) is 0 Å². The number of H-pyrrole nitrogens is 1. The third-order valence-electron chi connectivity index (χ3n) is 7.75. The number of aliphatic hydroxyl groups excluding tert-OH is 1. The van der Waals surface area contributed by atoms with E-state index in [2.05, 4.69) is 16.0 Å². The normalized spacial score (nSPS) is 14.3. The van der Waals surface area contributed by atoms with E-state index in [-0.39, 0.29) is 11.7 Å². The number of aliphatic hydroxyl groups is 1. The van der Waals surface area contributed by atoms with Gasteiger partial charge in [-0.05, 0) is 66.8 Å². The summed E-state index contributed by atoms with van der Waals surface area (Å²) in [6.07, 6.45) is 2.78. The van der Waals surface area contributed by atoms with Crippen molar-refractivity contribution in [2.75, 3.05) is 19.7 Å². The number of carbonyl (C=O) groups excluding carboxylic acids is 1. The van der Waals surface area contributed by atoms with Crippen LogP contribution >= 0.6 is 0 Å². The quantitative estimate of drug-likeness (QED) is 0.264. The number of nitrogens with one attached hydrogen (secondary N) is 1. The molecule has 0 bridgehead atoms. The molecule has 0 aliphatic carbocycles. The van der Waals surface area contributed by atoms with Crippen LogP contribution in [0.5, 0.6) is 0 Å². The van der Waals surface area contributed by atoms with Gasteiger partial charge in [-0.25, -0.2) is 9.78 Å². The number of aromatic amines is 1. The molecule has 6 rings (SSSR count). The summed E-state index contributed by atoms with van der Waals surface area (Å²) in [6.45, 7) is 5.13. The number of hydrogen-bond donors (Lipinski definition) is 3. The Morgan fingerprint density at radius 1 is 1.12 bits per heavy atom. The molecule has 3 heterocycles. The van der Waals surface area contributed by atoms with E-state index < -0.39 is 6.23 Å². The minimum atomic E-state index is -1.16. The van der Waals surface area contributed by atoms with E-state index in [9.17, 15) is 14.7 Å². The Kier molecular flexibility index (Phi) is 6.90. The molecule has 0 fully saturated rings. The van der Waals surface area contributed by atoms with Gasteiger partial charge in [0.25, 0.3) is 5.56 Å². The van der Waals surface area contributed by atoms with Crippen molar-refractivity contribution in [3.05, 3.63) is 100 Å². The predicted octanol–water partition coefficient (Wildman–Crippen LogP) is 5.04. The van der Waals surface area contributed by atoms with Crippen molar-refractivity contribution in [2.45, 2.75) is 26.5 Å². The summed E-state index contributed by atoms with van der Waals surface area (Å²) in [6, 6.07) is 19.0. The van der Waals surface area contributed by atoms with Crippen LogP contribution in [0.15, 0.2) is 77.9 Å². The molecular weight excluding hydrogens is 518 g/mol. The Labute approximate surface area is 236 Å². The van der Waals surface area contributed by atoms with Crippen molar-refractivity contribution in [3.8, 4) is 16.8 Å². The van der Waals surface area contributed by atoms with E-state index in [0.29, 0.717) is 42.6 Å². The number of amides is 1. The topological polar surface area (TPSA) is 126 Å². The number of benzene rings is 3. The zero-order valence-electron chi connectivity index (χ0n) is 22.9. The van der Waals surface area contributed by atoms with Gasteiger partial charge in [0.2, 0.25) is 0 Å². The molecule has 1 atom stereocenters. The van der Waals surface area contributed by atoms with Gasteiger partial charge >= 0.3 is 6.09 Å². The van der Waals surface area contributed by atoms with Gasteiger partial charge in [-0.3, -0.25) is 9.36 Å². The highest BCUT2D eigenvalue weighted by atomic mass is 16.6. The summed E-state index contributed by atoms with van der Waals surface area (Å²) in [7, 11) is 0. The number of para-hydroxylation sites is 1. The number of nitrogens with two attached hydrogens (primary N) is 1. The molecule has 1 aliphatic rings. The first-order valence-electron chi connectivity index (χ1n) is 13.6. The highest BCUT2D eigenvalue weighted by Crippen LogP contribution is 2.37. The molecule has 1 amide bonds. The summed E-state index contributed by atoms with van der Waals surface area (Å²) >= 11 is 0. The maximum atomic E-state index is 13.4. The lowest BCUT2D eigenvalue weighted by Gasteiger charge is -2.25. The van der Waals surface area contributed by atoms with E-state index in [4.69, 9.17) is 10.5 Å². The number of ether oxygens (including phenoxy) is 1. The SMILES string of the molecule is CCOC(=O)N1CC=C(c2cc3c(-c4cccc(-n5cnc6ccccc6c5=O)c4C)ccc(C(N)O)c3[nH]2)CC1. The Morgan fingerprint density at radius 2 is 1.95 bits per heavy atom. The van der Waals surface area contributed by atoms with Gasteiger partial charge in [0.05, 0.1) is 28.7 Å². The van der Waals surface area contributed by atoms with Gasteiger partial charge in [-0.1, -0.05) is 42.5 Å². The molecule has 5 aromatic rings. The van der Waals surface area contributed by atoms with Crippen molar-refractivity contribution >= 4 is 33.5 Å². The van der Waals surface area contributed by atoms with Crippen LogP contribution in [0, 0.1) is 6.92 Å². The molecule has 0 spiro atoms. The summed E-state index contributed by atoms with van der Waals surface area (Å²) < 4.78 is 6.73. The molecule has 4 N–H and O–H groups in total. The van der Waals surface area contributed by atoms with Crippen molar-refractivity contribution in [3.63, 3.8) is 0 Å². The summed E-state index contributed by atoms with van der Waals surface area (Å²) in [5, 5.41) is 11.8. The largest absolute Gasteiger partial charge is 0.450 e. The maximum Gasteiger partial charge on any atom is 0.410 e. The first-order valence-corrected chi connectivity index (χ1v) is 13.6. The summed E-state index contributed by atoms with van der Waals surface area (Å²) in [4.78, 5) is 35.2. The Balaban J connectivity index is 1.45. The molecular formula is C32H31N5O4. The molecule has 1 unspecified atom stereocenters. The van der Waals surface area contributed by atoms with E-state index >= 15 is 0 Å². The lowest BCUT2D eigenvalue weighted by Crippen LogP contribution is -2.35. The van der Waals surface area contributed by atoms with Crippen LogP contribution in [0.4, 0.5) is 4.79 Å². The van der Waals surface area contributed by atoms with Crippen LogP contribution in [0.2, 0.25) is 0 Å². The monoisotopic (exact) mass is 549 g/mol. The van der Waals surface area contributed by atoms with Crippen LogP contribution in [0.1, 0.15) is 36.4 Å². The number of rotatable bonds is 5. The fraction of sp³-hybridized carbons (Fsp3) is 0.219. The molecule has 0 radical (unpaired) electrons. The highest BCUT2D eigenvalue weighted by Gasteiger charge is 2.22. The molecule has 9 nitrogen and oxygen atoms in total. The molecule has 41 heavy (non-hydrogen) atoms. The van der Waals surface area contributed by atoms with Crippen molar-refractivity contribution < 1.29 is 14.6 Å². The zero-order valence-corrected chi connectivity index (χ0v) is 22.9. The molecule has 2 aromatic heterocycles. The van der Waals surface area contributed by atoms with Gasteiger partial charge in [0, 0.05) is 29.7 Å². The summed E-state index contributed by atoms with van der Waals surface area (Å²) in [5.74, 6) is 0. The Bertz CT molecular complexity index is 1880. The smallest absolute Gasteiger partial charge is 0.410 e. The van der Waals surface area contributed by atoms with Crippen LogP contribution in [-0.4, -0.2) is 50.3 Å². The van der Waals surface area contributed by atoms with E-state index in [0.717, 1.165) is 44.5 Å². The van der Waals surface area contributed by atoms with E-state index in [1.54, 1.807) is 28.8 Å². The number of aromatic nitrogens is 3. The maximum absolute atomic E-state index is 13.4. The highest BCUT2D eigenvalue weighted by molar-refractivity contribution is 6.00. The summed E-state index contributed by atoms with van der Waals surface area (Å²) in [5.41, 5.74) is 13.3. The number of hydrogen-bond acceptors (Lipinski definition) is 6. The first-order chi connectivity index (χ1) is 19.9. The second kappa shape index (κ2) is 10.7. The number of nitrogens with zero attached hydrogens (tertiary/aromatic N) is 3. The first kappa shape index (κ1) is 26.5. The molecule has 1 aliphatic heterocycles. The van der Waals surface area contributed by atoms with Gasteiger partial charge in [0.15, 0.2) is 0 Å². The fourth-order valence-corrected chi connectivity index (χ4v) is 5.61. The van der Waals surface area contributed by atoms with Gasteiger partial charge < -0.3 is 25.5 Å². The zero-order chi connectivity index (χ0) is 28.7. The molecule has 0 saturated carbocycles. The molecule has 0 saturated heterocycles. The van der Waals surface area contributed by atoms with Crippen molar-refractivity contribution in [1.82, 2.24) is 19.4 Å². The average Bonchev–Trinajstić information content (AvgIpc) is 3.43. The van der Waals surface area contributed by atoms with E-state index in [1.807, 2.05) is 61.5 Å². The minimum Gasteiger partial charge on any atom is -0.450 e. The third-order valence-corrected chi connectivity index (χ3v) is 7.75. The lowest BCUT2D eigenvalue weighted by molar-refractivity contribution is 0.111. The van der Waals surface area contributed by atoms with Gasteiger partial charge in [0.1, 0.15) is 12.6 Å². The lowest BCUT2D eigenvalue weighted by atomic mass is 9.94. The second-order valence-electron chi connectivity index (χ2n) is 10.1. The molecule has 208 valence electrons. The number of carbonyl (C=O) groups is 1. The van der Waals surface area contributed by atoms with E-state index in [1.165, 1.54) is 0 Å². The van der Waals surface area contributed by atoms with Crippen molar-refractivity contribution in [1.29, 1.82) is 0 Å². The predicted molar refractivity (Wildman–Crippen MR) is 160 cm³/mol. The third kappa shape index (κ3) is 4.69.